The second kappa shape index (κ2) is 3.75. The first-order valence-corrected chi connectivity index (χ1v) is 5.45. The van der Waals surface area contributed by atoms with Crippen molar-refractivity contribution in [3.05, 3.63) is 57.8 Å². The van der Waals surface area contributed by atoms with Crippen LogP contribution in [0.3, 0.4) is 0 Å². The summed E-state index contributed by atoms with van der Waals surface area (Å²) in [5.74, 6) is 0.686. The van der Waals surface area contributed by atoms with Gasteiger partial charge in [0.15, 0.2) is 11.3 Å². The first-order valence-electron chi connectivity index (χ1n) is 5.07. The molecule has 17 heavy (non-hydrogen) atoms. The van der Waals surface area contributed by atoms with Gasteiger partial charge < -0.3 is 0 Å². The molecule has 0 bridgehead atoms. The van der Waals surface area contributed by atoms with Crippen molar-refractivity contribution in [2.45, 2.75) is 0 Å². The van der Waals surface area contributed by atoms with Crippen LogP contribution in [0.15, 0.2) is 47.4 Å². The van der Waals surface area contributed by atoms with Gasteiger partial charge in [-0.15, -0.1) is 0 Å². The number of nitrogens with zero attached hydrogens (tertiary/aromatic N) is 2. The van der Waals surface area contributed by atoms with Gasteiger partial charge in [0.2, 0.25) is 0 Å². The van der Waals surface area contributed by atoms with E-state index in [1.165, 1.54) is 12.1 Å². The molecule has 0 fully saturated rings. The highest BCUT2D eigenvalue weighted by Crippen LogP contribution is 2.25. The van der Waals surface area contributed by atoms with Crippen molar-refractivity contribution in [1.29, 1.82) is 0 Å². The summed E-state index contributed by atoms with van der Waals surface area (Å²) in [6.07, 6.45) is 1.68. The lowest BCUT2D eigenvalue weighted by atomic mass is 10.2. The molecule has 0 saturated carbocycles. The van der Waals surface area contributed by atoms with Crippen molar-refractivity contribution in [1.82, 2.24) is 14.6 Å². The van der Waals surface area contributed by atoms with Crippen molar-refractivity contribution >= 4 is 17.2 Å². The molecule has 0 aliphatic heterocycles. The lowest BCUT2D eigenvalue weighted by molar-refractivity contribution is 1.11. The first kappa shape index (κ1) is 10.1. The van der Waals surface area contributed by atoms with Crippen LogP contribution in [0.25, 0.3) is 17.0 Å². The van der Waals surface area contributed by atoms with E-state index in [2.05, 4.69) is 10.2 Å². The molecule has 0 aliphatic carbocycles. The Bertz CT molecular complexity index is 745. The Labute approximate surface area is 101 Å². The predicted octanol–water partition coefficient (Wildman–Crippen LogP) is 2.34. The van der Waals surface area contributed by atoms with Crippen molar-refractivity contribution in [3.63, 3.8) is 0 Å². The molecule has 1 N–H and O–H groups in total. The number of aromatic nitrogens is 3. The van der Waals surface area contributed by atoms with Crippen molar-refractivity contribution < 1.29 is 0 Å². The lowest BCUT2D eigenvalue weighted by Crippen LogP contribution is -1.99. The highest BCUT2D eigenvalue weighted by molar-refractivity contribution is 6.33. The van der Waals surface area contributed by atoms with Crippen LogP contribution in [0.1, 0.15) is 0 Å². The number of hydrogen-bond donors (Lipinski definition) is 1. The van der Waals surface area contributed by atoms with Crippen LogP contribution in [0, 0.1) is 0 Å². The zero-order valence-electron chi connectivity index (χ0n) is 8.72. The molecule has 5 heteroatoms. The molecule has 84 valence electrons. The summed E-state index contributed by atoms with van der Waals surface area (Å²) >= 11 is 6.12. The summed E-state index contributed by atoms with van der Waals surface area (Å²) in [5, 5.41) is 7.62. The zero-order valence-corrected chi connectivity index (χ0v) is 9.48. The molecule has 2 aromatic heterocycles. The van der Waals surface area contributed by atoms with E-state index in [9.17, 15) is 4.79 Å². The normalized spacial score (nSPS) is 10.9. The second-order valence-electron chi connectivity index (χ2n) is 3.64. The zero-order chi connectivity index (χ0) is 11.8. The van der Waals surface area contributed by atoms with Gasteiger partial charge in [-0.25, -0.2) is 0 Å². The number of halogens is 1. The third-order valence-electron chi connectivity index (χ3n) is 2.55. The van der Waals surface area contributed by atoms with Crippen LogP contribution in [0.2, 0.25) is 5.02 Å². The Balaban J connectivity index is 2.32. The average molecular weight is 246 g/mol. The fourth-order valence-corrected chi connectivity index (χ4v) is 1.97. The van der Waals surface area contributed by atoms with Crippen molar-refractivity contribution in [2.75, 3.05) is 0 Å². The van der Waals surface area contributed by atoms with Crippen LogP contribution >= 0.6 is 11.6 Å². The Morgan fingerprint density at radius 2 is 2.06 bits per heavy atom. The van der Waals surface area contributed by atoms with E-state index < -0.39 is 0 Å². The number of aromatic amines is 1. The number of rotatable bonds is 1. The predicted molar refractivity (Wildman–Crippen MR) is 66.3 cm³/mol. The first-order chi connectivity index (χ1) is 8.25. The van der Waals surface area contributed by atoms with Gasteiger partial charge in [0.1, 0.15) is 5.65 Å². The van der Waals surface area contributed by atoms with E-state index in [4.69, 9.17) is 11.6 Å². The van der Waals surface area contributed by atoms with E-state index in [0.717, 1.165) is 5.56 Å². The average Bonchev–Trinajstić information content (AvgIpc) is 2.72. The van der Waals surface area contributed by atoms with Crippen molar-refractivity contribution in [3.8, 4) is 11.4 Å². The number of pyridine rings is 1. The summed E-state index contributed by atoms with van der Waals surface area (Å²) in [5.41, 5.74) is 1.41. The summed E-state index contributed by atoms with van der Waals surface area (Å²) in [6, 6.07) is 10.4. The second-order valence-corrected chi connectivity index (χ2v) is 4.05. The monoisotopic (exact) mass is 245 g/mol. The minimum Gasteiger partial charge on any atom is -0.290 e. The molecule has 0 amide bonds. The minimum atomic E-state index is -0.0561. The number of hydrogen-bond acceptors (Lipinski definition) is 2. The summed E-state index contributed by atoms with van der Waals surface area (Å²) in [7, 11) is 0. The third-order valence-corrected chi connectivity index (χ3v) is 2.88. The maximum Gasteiger partial charge on any atom is 0.183 e. The molecule has 1 aromatic carbocycles. The van der Waals surface area contributed by atoms with Gasteiger partial charge in [-0.3, -0.25) is 14.3 Å². The molecule has 2 heterocycles. The Morgan fingerprint density at radius 1 is 1.24 bits per heavy atom. The summed E-state index contributed by atoms with van der Waals surface area (Å²) in [4.78, 5) is 11.2. The minimum absolute atomic E-state index is 0.0561. The van der Waals surface area contributed by atoms with E-state index in [-0.39, 0.29) is 5.43 Å². The molecule has 0 saturated heterocycles. The summed E-state index contributed by atoms with van der Waals surface area (Å²) < 4.78 is 1.79. The van der Waals surface area contributed by atoms with Gasteiger partial charge in [0, 0.05) is 23.9 Å². The van der Waals surface area contributed by atoms with Gasteiger partial charge in [0.25, 0.3) is 0 Å². The maximum atomic E-state index is 11.2. The lowest BCUT2D eigenvalue weighted by Gasteiger charge is -2.01. The van der Waals surface area contributed by atoms with Gasteiger partial charge in [-0.2, -0.15) is 5.10 Å². The molecule has 0 radical (unpaired) electrons. The van der Waals surface area contributed by atoms with Gasteiger partial charge >= 0.3 is 0 Å². The largest absolute Gasteiger partial charge is 0.290 e. The van der Waals surface area contributed by atoms with Gasteiger partial charge in [0.05, 0.1) is 5.02 Å². The molecule has 0 atom stereocenters. The fourth-order valence-electron chi connectivity index (χ4n) is 1.75. The highest BCUT2D eigenvalue weighted by atomic mass is 35.5. The van der Waals surface area contributed by atoms with Crippen LogP contribution in [0.5, 0.6) is 0 Å². The van der Waals surface area contributed by atoms with Crippen LogP contribution in [-0.4, -0.2) is 14.6 Å². The molecule has 3 aromatic rings. The molecule has 0 unspecified atom stereocenters. The summed E-state index contributed by atoms with van der Waals surface area (Å²) in [6.45, 7) is 0. The standard InChI is InChI=1S/C12H8ClN3O/c13-10-4-2-1-3-9(10)12-15-14-11-7-8(17)5-6-16(11)12/h1-7,14H. The number of benzene rings is 1. The van der Waals surface area contributed by atoms with Crippen LogP contribution in [-0.2, 0) is 0 Å². The Morgan fingerprint density at radius 3 is 2.88 bits per heavy atom. The molecule has 3 rings (SSSR count). The SMILES string of the molecule is O=c1ccn2c(-c3ccccc3Cl)n[nH]c2c1. The number of nitrogens with one attached hydrogen (secondary N) is 1. The quantitative estimate of drug-likeness (QED) is 0.715. The fraction of sp³-hybridized carbons (Fsp3) is 0. The smallest absolute Gasteiger partial charge is 0.183 e. The number of H-pyrrole nitrogens is 1. The Kier molecular flexibility index (Phi) is 2.23. The topological polar surface area (TPSA) is 50.2 Å². The van der Waals surface area contributed by atoms with Gasteiger partial charge in [-0.1, -0.05) is 23.7 Å². The number of fused-ring (bicyclic) bond motifs is 1. The van der Waals surface area contributed by atoms with E-state index >= 15 is 0 Å². The van der Waals surface area contributed by atoms with Gasteiger partial charge in [-0.05, 0) is 12.1 Å². The van der Waals surface area contributed by atoms with E-state index in [1.54, 1.807) is 16.7 Å². The Hall–Kier alpha value is -2.07. The third kappa shape index (κ3) is 1.62. The highest BCUT2D eigenvalue weighted by Gasteiger charge is 2.09. The van der Waals surface area contributed by atoms with Crippen LogP contribution < -0.4 is 5.43 Å². The van der Waals surface area contributed by atoms with Crippen molar-refractivity contribution in [2.24, 2.45) is 0 Å². The maximum absolute atomic E-state index is 11.2. The molecule has 0 aliphatic rings. The molecular weight excluding hydrogens is 238 g/mol. The van der Waals surface area contributed by atoms with Crippen LogP contribution in [0.4, 0.5) is 0 Å². The molecule has 4 nitrogen and oxygen atoms in total. The molecule has 0 spiro atoms. The van der Waals surface area contributed by atoms with E-state index in [1.807, 2.05) is 18.2 Å². The molecular formula is C12H8ClN3O. The van der Waals surface area contributed by atoms with E-state index in [0.29, 0.717) is 16.5 Å².